The molecular weight excluding hydrogens is 759 g/mol. The molecule has 3 unspecified atom stereocenters. The lowest BCUT2D eigenvalue weighted by Gasteiger charge is -2.20. The van der Waals surface area contributed by atoms with Gasteiger partial charge >= 0.3 is 19.8 Å². The highest BCUT2D eigenvalue weighted by atomic mass is 31.2. The standard InChI is InChI=1S/C46H77O11P/c1-3-5-7-8-9-10-11-12-13-14-15-16-17-22-25-28-32-36-46(50)56-42(40-55-58(51,52)54-38-41(48)37-47)39-53-45(49)35-31-27-24-21-19-18-20-23-26-30-34-44-43(57-44)33-29-6-4-2/h12-13,15-16,18,20-22,24-26,30,41-44,47-48H,3-11,14,17,19,23,27-29,31-40H2,1-2H3,(H,51,52)/b13-12-,16-15-,20-18-,24-21-,25-22-,30-26-/t41-,42+,43?,44?/m0/s1. The summed E-state index contributed by atoms with van der Waals surface area (Å²) in [4.78, 5) is 35.0. The van der Waals surface area contributed by atoms with Crippen molar-refractivity contribution in [2.24, 2.45) is 0 Å². The number of esters is 2. The summed E-state index contributed by atoms with van der Waals surface area (Å²) >= 11 is 0. The van der Waals surface area contributed by atoms with Crippen LogP contribution in [0.2, 0.25) is 0 Å². The molecule has 1 rings (SSSR count). The summed E-state index contributed by atoms with van der Waals surface area (Å²) < 4.78 is 38.3. The van der Waals surface area contributed by atoms with Crippen LogP contribution >= 0.6 is 7.82 Å². The molecule has 1 heterocycles. The van der Waals surface area contributed by atoms with Crippen molar-refractivity contribution in [3.63, 3.8) is 0 Å². The van der Waals surface area contributed by atoms with E-state index in [1.165, 1.54) is 64.2 Å². The van der Waals surface area contributed by atoms with Crippen LogP contribution in [0.25, 0.3) is 0 Å². The van der Waals surface area contributed by atoms with Gasteiger partial charge in [-0.05, 0) is 77.0 Å². The summed E-state index contributed by atoms with van der Waals surface area (Å²) in [6, 6.07) is 0. The van der Waals surface area contributed by atoms with E-state index < -0.39 is 51.8 Å². The third-order valence-electron chi connectivity index (χ3n) is 9.26. The van der Waals surface area contributed by atoms with Crippen molar-refractivity contribution < 1.29 is 52.5 Å². The minimum Gasteiger partial charge on any atom is -0.462 e. The lowest BCUT2D eigenvalue weighted by molar-refractivity contribution is -0.161. The minimum atomic E-state index is -4.65. The molecule has 0 aliphatic carbocycles. The van der Waals surface area contributed by atoms with Gasteiger partial charge in [0.05, 0.1) is 32.0 Å². The fourth-order valence-electron chi connectivity index (χ4n) is 5.74. The molecule has 3 N–H and O–H groups in total. The molecule has 0 aromatic rings. The first-order valence-corrected chi connectivity index (χ1v) is 23.5. The Kier molecular flexibility index (Phi) is 34.4. The monoisotopic (exact) mass is 837 g/mol. The maximum atomic E-state index is 12.6. The molecule has 1 fully saturated rings. The summed E-state index contributed by atoms with van der Waals surface area (Å²) in [6.07, 6.45) is 44.9. The van der Waals surface area contributed by atoms with E-state index in [9.17, 15) is 24.2 Å². The zero-order valence-corrected chi connectivity index (χ0v) is 36.6. The quantitative estimate of drug-likeness (QED) is 0.0178. The molecule has 5 atom stereocenters. The third kappa shape index (κ3) is 34.3. The highest BCUT2D eigenvalue weighted by Crippen LogP contribution is 2.43. The Labute approximate surface area is 350 Å². The fraction of sp³-hybridized carbons (Fsp3) is 0.696. The van der Waals surface area contributed by atoms with Crippen molar-refractivity contribution in [3.05, 3.63) is 72.9 Å². The van der Waals surface area contributed by atoms with E-state index in [1.54, 1.807) is 0 Å². The summed E-state index contributed by atoms with van der Waals surface area (Å²) in [5.41, 5.74) is 0. The minimum absolute atomic E-state index is 0.0950. The van der Waals surface area contributed by atoms with Gasteiger partial charge < -0.3 is 29.3 Å². The van der Waals surface area contributed by atoms with Crippen molar-refractivity contribution in [2.75, 3.05) is 26.4 Å². The molecule has 0 amide bonds. The Morgan fingerprint density at radius 2 is 1.12 bits per heavy atom. The second-order valence-electron chi connectivity index (χ2n) is 14.7. The first-order chi connectivity index (χ1) is 28.2. The number of rotatable bonds is 39. The molecule has 1 aliphatic heterocycles. The molecule has 0 bridgehead atoms. The summed E-state index contributed by atoms with van der Waals surface area (Å²) in [7, 11) is -4.65. The van der Waals surface area contributed by atoms with Crippen molar-refractivity contribution in [2.45, 2.75) is 180 Å². The van der Waals surface area contributed by atoms with Gasteiger partial charge in [-0.15, -0.1) is 0 Å². The number of aliphatic hydroxyl groups is 2. The fourth-order valence-corrected chi connectivity index (χ4v) is 6.53. The normalized spacial score (nSPS) is 18.0. The van der Waals surface area contributed by atoms with Crippen molar-refractivity contribution in [1.29, 1.82) is 0 Å². The zero-order chi connectivity index (χ0) is 42.4. The number of phosphoric acid groups is 1. The number of hydrogen-bond acceptors (Lipinski definition) is 10. The molecule has 0 radical (unpaired) electrons. The number of hydrogen-bond donors (Lipinski definition) is 3. The van der Waals surface area contributed by atoms with Gasteiger partial charge in [-0.3, -0.25) is 18.6 Å². The summed E-state index contributed by atoms with van der Waals surface area (Å²) in [5, 5.41) is 18.3. The Morgan fingerprint density at radius 3 is 1.72 bits per heavy atom. The first kappa shape index (κ1) is 53.4. The number of ether oxygens (including phenoxy) is 3. The number of phosphoric ester groups is 1. The van der Waals surface area contributed by atoms with Gasteiger partial charge in [0.25, 0.3) is 0 Å². The molecule has 58 heavy (non-hydrogen) atoms. The van der Waals surface area contributed by atoms with Crippen LogP contribution < -0.4 is 0 Å². The van der Waals surface area contributed by atoms with E-state index in [-0.39, 0.29) is 19.4 Å². The number of aliphatic hydroxyl groups excluding tert-OH is 2. The topological polar surface area (TPSA) is 161 Å². The van der Waals surface area contributed by atoms with Crippen molar-refractivity contribution in [3.8, 4) is 0 Å². The predicted octanol–water partition coefficient (Wildman–Crippen LogP) is 10.7. The molecule has 1 aliphatic rings. The van der Waals surface area contributed by atoms with Crippen LogP contribution in [-0.2, 0) is 37.4 Å². The van der Waals surface area contributed by atoms with Crippen LogP contribution in [0.1, 0.15) is 155 Å². The molecule has 0 saturated carbocycles. The number of allylic oxidation sites excluding steroid dienone is 11. The van der Waals surface area contributed by atoms with E-state index in [4.69, 9.17) is 23.8 Å². The lowest BCUT2D eigenvalue weighted by Crippen LogP contribution is -2.29. The Balaban J connectivity index is 2.33. The average Bonchev–Trinajstić information content (AvgIpc) is 3.97. The van der Waals surface area contributed by atoms with Gasteiger partial charge in [-0.25, -0.2) is 4.57 Å². The first-order valence-electron chi connectivity index (χ1n) is 22.0. The molecule has 12 heteroatoms. The zero-order valence-electron chi connectivity index (χ0n) is 35.7. The highest BCUT2D eigenvalue weighted by Gasteiger charge is 2.36. The molecule has 0 spiro atoms. The number of carbonyl (C=O) groups is 2. The lowest BCUT2D eigenvalue weighted by atomic mass is 10.1. The SMILES string of the molecule is CCCCCCCC/C=C\C/C=C\C/C=C\CCCC(=O)O[C@H](COC(=O)CCC/C=C\C/C=C\C/C=C\CC1OC1CCCCC)COP(=O)(O)OC[C@@H](O)CO. The molecule has 332 valence electrons. The summed E-state index contributed by atoms with van der Waals surface area (Å²) in [5.74, 6) is -1.06. The van der Waals surface area contributed by atoms with E-state index in [0.717, 1.165) is 38.5 Å². The van der Waals surface area contributed by atoms with Crippen LogP contribution in [0.5, 0.6) is 0 Å². The summed E-state index contributed by atoms with van der Waals surface area (Å²) in [6.45, 7) is 2.20. The highest BCUT2D eigenvalue weighted by molar-refractivity contribution is 7.47. The second-order valence-corrected chi connectivity index (χ2v) is 16.2. The van der Waals surface area contributed by atoms with E-state index in [2.05, 4.69) is 73.1 Å². The van der Waals surface area contributed by atoms with Crippen LogP contribution in [0.4, 0.5) is 0 Å². The van der Waals surface area contributed by atoms with E-state index in [1.807, 2.05) is 18.2 Å². The predicted molar refractivity (Wildman–Crippen MR) is 232 cm³/mol. The Morgan fingerprint density at radius 1 is 0.621 bits per heavy atom. The molecule has 1 saturated heterocycles. The van der Waals surface area contributed by atoms with Crippen molar-refractivity contribution in [1.82, 2.24) is 0 Å². The van der Waals surface area contributed by atoms with Crippen molar-refractivity contribution >= 4 is 19.8 Å². The van der Waals surface area contributed by atoms with Crippen LogP contribution in [0.15, 0.2) is 72.9 Å². The van der Waals surface area contributed by atoms with Gasteiger partial charge in [0.15, 0.2) is 6.10 Å². The largest absolute Gasteiger partial charge is 0.472 e. The Bertz CT molecular complexity index is 1260. The van der Waals surface area contributed by atoms with Gasteiger partial charge in [-0.2, -0.15) is 0 Å². The second kappa shape index (κ2) is 37.4. The van der Waals surface area contributed by atoms with Crippen LogP contribution in [-0.4, -0.2) is 77.9 Å². The van der Waals surface area contributed by atoms with Gasteiger partial charge in [0.1, 0.15) is 12.7 Å². The number of unbranched alkanes of at least 4 members (excludes halogenated alkanes) is 10. The average molecular weight is 837 g/mol. The number of epoxide rings is 1. The van der Waals surface area contributed by atoms with Crippen LogP contribution in [0, 0.1) is 0 Å². The van der Waals surface area contributed by atoms with E-state index in [0.29, 0.717) is 37.9 Å². The molecular formula is C46H77O11P. The maximum absolute atomic E-state index is 12.6. The molecule has 0 aromatic carbocycles. The number of carbonyl (C=O) groups excluding carboxylic acids is 2. The van der Waals surface area contributed by atoms with Gasteiger partial charge in [0, 0.05) is 12.8 Å². The molecule has 0 aromatic heterocycles. The van der Waals surface area contributed by atoms with Gasteiger partial charge in [-0.1, -0.05) is 138 Å². The van der Waals surface area contributed by atoms with Crippen LogP contribution in [0.3, 0.4) is 0 Å². The third-order valence-corrected chi connectivity index (χ3v) is 10.2. The van der Waals surface area contributed by atoms with E-state index >= 15 is 0 Å². The van der Waals surface area contributed by atoms with Gasteiger partial charge in [0.2, 0.25) is 0 Å². The maximum Gasteiger partial charge on any atom is 0.472 e. The molecule has 11 nitrogen and oxygen atoms in total. The Hall–Kier alpha value is -2.63. The smallest absolute Gasteiger partial charge is 0.462 e.